The Morgan fingerprint density at radius 3 is 2.95 bits per heavy atom. The maximum absolute atomic E-state index is 12.3. The zero-order valence-corrected chi connectivity index (χ0v) is 12.7. The van der Waals surface area contributed by atoms with Gasteiger partial charge in [-0.15, -0.1) is 0 Å². The Balaban J connectivity index is 1.56. The van der Waals surface area contributed by atoms with Crippen LogP contribution in [0.25, 0.3) is 0 Å². The zero-order chi connectivity index (χ0) is 15.4. The number of hydrogen-bond acceptors (Lipinski definition) is 4. The third kappa shape index (κ3) is 3.54. The smallest absolute Gasteiger partial charge is 0.227 e. The summed E-state index contributed by atoms with van der Waals surface area (Å²) in [5.41, 5.74) is 0.925. The van der Waals surface area contributed by atoms with E-state index in [9.17, 15) is 4.79 Å². The van der Waals surface area contributed by atoms with Gasteiger partial charge in [-0.1, -0.05) is 17.7 Å². The van der Waals surface area contributed by atoms with Gasteiger partial charge in [0.1, 0.15) is 16.9 Å². The summed E-state index contributed by atoms with van der Waals surface area (Å²) in [6.07, 6.45) is 7.76. The first-order valence-corrected chi connectivity index (χ1v) is 7.53. The Hall–Kier alpha value is -2.14. The minimum Gasteiger partial charge on any atom is -0.487 e. The fourth-order valence-electron chi connectivity index (χ4n) is 2.48. The highest BCUT2D eigenvalue weighted by Crippen LogP contribution is 2.25. The van der Waals surface area contributed by atoms with Crippen LogP contribution in [0.4, 0.5) is 0 Å². The average molecular weight is 318 g/mol. The number of rotatable bonds is 4. The van der Waals surface area contributed by atoms with Crippen molar-refractivity contribution in [2.75, 3.05) is 13.1 Å². The number of halogens is 1. The number of nitrogens with zero attached hydrogens (tertiary/aromatic N) is 3. The lowest BCUT2D eigenvalue weighted by molar-refractivity contribution is -0.129. The third-order valence-corrected chi connectivity index (χ3v) is 3.89. The van der Waals surface area contributed by atoms with Crippen LogP contribution in [0.3, 0.4) is 0 Å². The molecule has 1 unspecified atom stereocenters. The van der Waals surface area contributed by atoms with Crippen LogP contribution in [-0.4, -0.2) is 40.0 Å². The first-order valence-electron chi connectivity index (χ1n) is 7.15. The zero-order valence-electron chi connectivity index (χ0n) is 12.0. The number of ether oxygens (including phenoxy) is 1. The number of carbonyl (C=O) groups is 1. The van der Waals surface area contributed by atoms with E-state index in [1.54, 1.807) is 30.9 Å². The molecule has 0 aromatic carbocycles. The van der Waals surface area contributed by atoms with Gasteiger partial charge in [0.2, 0.25) is 5.91 Å². The minimum absolute atomic E-state index is 0.0299. The van der Waals surface area contributed by atoms with Crippen LogP contribution in [0.5, 0.6) is 5.75 Å². The highest BCUT2D eigenvalue weighted by atomic mass is 35.5. The molecule has 3 rings (SSSR count). The summed E-state index contributed by atoms with van der Waals surface area (Å²) in [5.74, 6) is 0.711. The quantitative estimate of drug-likeness (QED) is 0.868. The van der Waals surface area contributed by atoms with Crippen molar-refractivity contribution in [1.29, 1.82) is 0 Å². The standard InChI is InChI=1S/C16H16ClN3O2/c17-14-10-19-6-3-15(14)22-13-4-7-20(11-13)16(21)8-12-2-1-5-18-9-12/h1-3,5-6,9-10,13H,4,7-8,11H2. The summed E-state index contributed by atoms with van der Waals surface area (Å²) in [7, 11) is 0. The molecule has 1 amide bonds. The predicted molar refractivity (Wildman–Crippen MR) is 82.8 cm³/mol. The van der Waals surface area contributed by atoms with Gasteiger partial charge in [-0.05, 0) is 11.6 Å². The van der Waals surface area contributed by atoms with E-state index < -0.39 is 0 Å². The fourth-order valence-corrected chi connectivity index (χ4v) is 2.64. The molecule has 0 spiro atoms. The highest BCUT2D eigenvalue weighted by molar-refractivity contribution is 6.31. The number of pyridine rings is 2. The molecular weight excluding hydrogens is 302 g/mol. The maximum atomic E-state index is 12.3. The van der Waals surface area contributed by atoms with Gasteiger partial charge < -0.3 is 9.64 Å². The van der Waals surface area contributed by atoms with Crippen molar-refractivity contribution in [2.24, 2.45) is 0 Å². The van der Waals surface area contributed by atoms with E-state index in [4.69, 9.17) is 16.3 Å². The van der Waals surface area contributed by atoms with Crippen molar-refractivity contribution in [2.45, 2.75) is 18.9 Å². The van der Waals surface area contributed by atoms with Crippen LogP contribution in [0.1, 0.15) is 12.0 Å². The average Bonchev–Trinajstić information content (AvgIpc) is 2.99. The number of hydrogen-bond donors (Lipinski definition) is 0. The molecular formula is C16H16ClN3O2. The molecule has 2 aromatic heterocycles. The Morgan fingerprint density at radius 2 is 2.18 bits per heavy atom. The summed E-state index contributed by atoms with van der Waals surface area (Å²) in [6, 6.07) is 5.48. The molecule has 0 saturated carbocycles. The summed E-state index contributed by atoms with van der Waals surface area (Å²) < 4.78 is 5.86. The molecule has 0 radical (unpaired) electrons. The Bertz CT molecular complexity index is 651. The number of carbonyl (C=O) groups excluding carboxylic acids is 1. The van der Waals surface area contributed by atoms with Crippen molar-refractivity contribution >= 4 is 17.5 Å². The van der Waals surface area contributed by atoms with E-state index in [0.717, 1.165) is 12.0 Å². The molecule has 114 valence electrons. The van der Waals surface area contributed by atoms with Crippen LogP contribution < -0.4 is 4.74 Å². The van der Waals surface area contributed by atoms with Gasteiger partial charge in [0.05, 0.1) is 13.0 Å². The van der Waals surface area contributed by atoms with Crippen molar-refractivity contribution in [1.82, 2.24) is 14.9 Å². The van der Waals surface area contributed by atoms with E-state index in [0.29, 0.717) is 30.3 Å². The Kier molecular flexibility index (Phi) is 4.53. The second-order valence-electron chi connectivity index (χ2n) is 5.21. The van der Waals surface area contributed by atoms with E-state index in [1.165, 1.54) is 0 Å². The SMILES string of the molecule is O=C(Cc1cccnc1)N1CCC(Oc2ccncc2Cl)C1. The summed E-state index contributed by atoms with van der Waals surface area (Å²) in [5, 5.41) is 0.489. The van der Waals surface area contributed by atoms with Crippen LogP contribution in [0, 0.1) is 0 Å². The van der Waals surface area contributed by atoms with Crippen molar-refractivity contribution in [3.63, 3.8) is 0 Å². The molecule has 1 aliphatic rings. The van der Waals surface area contributed by atoms with Crippen molar-refractivity contribution < 1.29 is 9.53 Å². The van der Waals surface area contributed by atoms with E-state index in [-0.39, 0.29) is 12.0 Å². The first-order chi connectivity index (χ1) is 10.7. The van der Waals surface area contributed by atoms with Crippen LogP contribution in [0.15, 0.2) is 43.0 Å². The topological polar surface area (TPSA) is 55.3 Å². The molecule has 0 N–H and O–H groups in total. The summed E-state index contributed by atoms with van der Waals surface area (Å²) in [4.78, 5) is 22.1. The highest BCUT2D eigenvalue weighted by Gasteiger charge is 2.27. The number of amides is 1. The second-order valence-corrected chi connectivity index (χ2v) is 5.62. The first kappa shape index (κ1) is 14.8. The van der Waals surface area contributed by atoms with Gasteiger partial charge in [0.15, 0.2) is 0 Å². The molecule has 1 fully saturated rings. The second kappa shape index (κ2) is 6.75. The molecule has 3 heterocycles. The molecule has 5 nitrogen and oxygen atoms in total. The molecule has 2 aromatic rings. The van der Waals surface area contributed by atoms with Gasteiger partial charge in [-0.3, -0.25) is 14.8 Å². The predicted octanol–water partition coefficient (Wildman–Crippen LogP) is 2.35. The maximum Gasteiger partial charge on any atom is 0.227 e. The van der Waals surface area contributed by atoms with Gasteiger partial charge in [0, 0.05) is 43.8 Å². The van der Waals surface area contributed by atoms with Gasteiger partial charge in [0.25, 0.3) is 0 Å². The molecule has 6 heteroatoms. The molecule has 1 aliphatic heterocycles. The molecule has 22 heavy (non-hydrogen) atoms. The lowest BCUT2D eigenvalue weighted by Gasteiger charge is -2.17. The number of aromatic nitrogens is 2. The monoisotopic (exact) mass is 317 g/mol. The largest absolute Gasteiger partial charge is 0.487 e. The van der Waals surface area contributed by atoms with Crippen molar-refractivity contribution in [3.8, 4) is 5.75 Å². The molecule has 0 bridgehead atoms. The van der Waals surface area contributed by atoms with Crippen LogP contribution >= 0.6 is 11.6 Å². The van der Waals surface area contributed by atoms with Gasteiger partial charge in [-0.25, -0.2) is 0 Å². The number of likely N-dealkylation sites (tertiary alicyclic amines) is 1. The molecule has 0 aliphatic carbocycles. The Morgan fingerprint density at radius 1 is 1.32 bits per heavy atom. The summed E-state index contributed by atoms with van der Waals surface area (Å²) >= 11 is 6.03. The molecule has 1 atom stereocenters. The Labute approximate surface area is 133 Å². The van der Waals surface area contributed by atoms with Gasteiger partial charge in [-0.2, -0.15) is 0 Å². The lowest BCUT2D eigenvalue weighted by Crippen LogP contribution is -2.32. The van der Waals surface area contributed by atoms with E-state index >= 15 is 0 Å². The van der Waals surface area contributed by atoms with Gasteiger partial charge >= 0.3 is 0 Å². The fraction of sp³-hybridized carbons (Fsp3) is 0.312. The molecule has 1 saturated heterocycles. The van der Waals surface area contributed by atoms with Crippen LogP contribution in [0.2, 0.25) is 5.02 Å². The van der Waals surface area contributed by atoms with Crippen molar-refractivity contribution in [3.05, 3.63) is 53.6 Å². The van der Waals surface area contributed by atoms with Crippen LogP contribution in [-0.2, 0) is 11.2 Å². The third-order valence-electron chi connectivity index (χ3n) is 3.60. The van der Waals surface area contributed by atoms with E-state index in [1.807, 2.05) is 17.0 Å². The lowest BCUT2D eigenvalue weighted by atomic mass is 10.2. The minimum atomic E-state index is -0.0299. The normalized spacial score (nSPS) is 17.5. The van der Waals surface area contributed by atoms with E-state index in [2.05, 4.69) is 9.97 Å². The summed E-state index contributed by atoms with van der Waals surface area (Å²) in [6.45, 7) is 1.28.